The Morgan fingerprint density at radius 3 is 2.31 bits per heavy atom. The molecule has 156 valence electrons. The Hall–Kier alpha value is -4.72. The third kappa shape index (κ3) is 3.72. The van der Waals surface area contributed by atoms with Crippen LogP contribution in [0, 0.1) is 10.1 Å². The fourth-order valence-electron chi connectivity index (χ4n) is 3.36. The predicted molar refractivity (Wildman–Crippen MR) is 118 cm³/mol. The molecule has 3 aromatic heterocycles. The number of imidazole rings is 1. The quantitative estimate of drug-likeness (QED) is 0.173. The van der Waals surface area contributed by atoms with Crippen LogP contribution in [0.25, 0.3) is 22.6 Å². The van der Waals surface area contributed by atoms with Gasteiger partial charge in [0.15, 0.2) is 0 Å². The lowest BCUT2D eigenvalue weighted by molar-refractivity contribution is -0.385. The lowest BCUT2D eigenvalue weighted by Crippen LogP contribution is -2.08. The summed E-state index contributed by atoms with van der Waals surface area (Å²) in [5.41, 5.74) is 3.45. The predicted octanol–water partition coefficient (Wildman–Crippen LogP) is 4.92. The van der Waals surface area contributed by atoms with E-state index in [9.17, 15) is 14.9 Å². The molecule has 0 unspecified atom stereocenters. The zero-order valence-electron chi connectivity index (χ0n) is 16.7. The number of pyridine rings is 1. The van der Waals surface area contributed by atoms with Gasteiger partial charge in [0.1, 0.15) is 11.4 Å². The first-order valence-corrected chi connectivity index (χ1v) is 9.76. The maximum atomic E-state index is 12.5. The third-order valence-electron chi connectivity index (χ3n) is 5.01. The van der Waals surface area contributed by atoms with Crippen LogP contribution in [0.5, 0.6) is 5.75 Å². The number of ether oxygens (including phenoxy) is 1. The van der Waals surface area contributed by atoms with E-state index in [2.05, 4.69) is 4.98 Å². The molecular weight excluding hydrogens is 408 g/mol. The van der Waals surface area contributed by atoms with Crippen molar-refractivity contribution in [3.63, 3.8) is 0 Å². The Morgan fingerprint density at radius 1 is 0.906 bits per heavy atom. The Balaban J connectivity index is 1.31. The molecule has 2 aromatic carbocycles. The molecule has 0 spiro atoms. The summed E-state index contributed by atoms with van der Waals surface area (Å²) in [4.78, 5) is 27.5. The maximum Gasteiger partial charge on any atom is 0.343 e. The highest BCUT2D eigenvalue weighted by Gasteiger charge is 2.12. The van der Waals surface area contributed by atoms with E-state index in [1.54, 1.807) is 53.1 Å². The summed E-state index contributed by atoms with van der Waals surface area (Å²) in [5, 5.41) is 10.9. The molecule has 5 aromatic rings. The number of hydrogen-bond donors (Lipinski definition) is 0. The fourth-order valence-corrected chi connectivity index (χ4v) is 3.36. The minimum Gasteiger partial charge on any atom is -0.423 e. The first-order chi connectivity index (χ1) is 15.6. The van der Waals surface area contributed by atoms with Gasteiger partial charge >= 0.3 is 5.97 Å². The van der Waals surface area contributed by atoms with Crippen molar-refractivity contribution in [1.82, 2.24) is 14.0 Å². The molecule has 0 saturated heterocycles. The van der Waals surface area contributed by atoms with Crippen LogP contribution in [-0.4, -0.2) is 24.8 Å². The maximum absolute atomic E-state index is 12.5. The number of benzene rings is 2. The molecule has 0 bridgehead atoms. The largest absolute Gasteiger partial charge is 0.423 e. The van der Waals surface area contributed by atoms with Crippen LogP contribution < -0.4 is 4.74 Å². The van der Waals surface area contributed by atoms with Gasteiger partial charge in [0, 0.05) is 35.9 Å². The lowest BCUT2D eigenvalue weighted by Gasteiger charge is -2.07. The lowest BCUT2D eigenvalue weighted by atomic mass is 10.1. The van der Waals surface area contributed by atoms with E-state index >= 15 is 0 Å². The molecule has 0 radical (unpaired) electrons. The van der Waals surface area contributed by atoms with Crippen LogP contribution in [0.3, 0.4) is 0 Å². The Bertz CT molecular complexity index is 1420. The van der Waals surface area contributed by atoms with Crippen LogP contribution in [0.4, 0.5) is 5.69 Å². The van der Waals surface area contributed by atoms with E-state index in [0.29, 0.717) is 22.7 Å². The van der Waals surface area contributed by atoms with Crippen molar-refractivity contribution in [3.8, 4) is 22.7 Å². The molecule has 3 heterocycles. The van der Waals surface area contributed by atoms with Crippen molar-refractivity contribution in [1.29, 1.82) is 0 Å². The van der Waals surface area contributed by atoms with E-state index in [1.165, 1.54) is 12.3 Å². The number of nitro groups is 1. The summed E-state index contributed by atoms with van der Waals surface area (Å²) in [6, 6.07) is 21.0. The number of esters is 1. The molecule has 32 heavy (non-hydrogen) atoms. The second-order valence-electron chi connectivity index (χ2n) is 7.09. The van der Waals surface area contributed by atoms with Crippen LogP contribution in [0.1, 0.15) is 10.4 Å². The van der Waals surface area contributed by atoms with Gasteiger partial charge in [0.05, 0.1) is 22.4 Å². The van der Waals surface area contributed by atoms with E-state index in [0.717, 1.165) is 11.3 Å². The van der Waals surface area contributed by atoms with Gasteiger partial charge in [-0.05, 0) is 66.7 Å². The highest BCUT2D eigenvalue weighted by Crippen LogP contribution is 2.24. The molecular formula is C24H16N4O4. The van der Waals surface area contributed by atoms with Gasteiger partial charge in [-0.3, -0.25) is 14.5 Å². The summed E-state index contributed by atoms with van der Waals surface area (Å²) < 4.78 is 9.04. The topological polar surface area (TPSA) is 91.7 Å². The van der Waals surface area contributed by atoms with Gasteiger partial charge in [-0.1, -0.05) is 0 Å². The van der Waals surface area contributed by atoms with Gasteiger partial charge in [-0.25, -0.2) is 9.78 Å². The molecule has 5 rings (SSSR count). The van der Waals surface area contributed by atoms with Crippen molar-refractivity contribution in [2.75, 3.05) is 0 Å². The molecule has 0 aliphatic rings. The second-order valence-corrected chi connectivity index (χ2v) is 7.09. The van der Waals surface area contributed by atoms with Crippen molar-refractivity contribution in [2.24, 2.45) is 0 Å². The highest BCUT2D eigenvalue weighted by atomic mass is 16.6. The normalized spacial score (nSPS) is 10.9. The van der Waals surface area contributed by atoms with Crippen molar-refractivity contribution >= 4 is 17.3 Å². The van der Waals surface area contributed by atoms with Gasteiger partial charge in [-0.2, -0.15) is 0 Å². The minimum atomic E-state index is -0.448. The second kappa shape index (κ2) is 7.84. The van der Waals surface area contributed by atoms with Gasteiger partial charge in [0.25, 0.3) is 5.69 Å². The first kappa shape index (κ1) is 19.3. The Labute approximate surface area is 182 Å². The van der Waals surface area contributed by atoms with Gasteiger partial charge in [-0.15, -0.1) is 0 Å². The van der Waals surface area contributed by atoms with Crippen LogP contribution in [0.15, 0.2) is 97.6 Å². The minimum absolute atomic E-state index is 0.00916. The zero-order valence-corrected chi connectivity index (χ0v) is 16.7. The standard InChI is InChI=1S/C24H16N4O4/c29-24(18-3-7-19(8-4-18)26-13-1-2-14-26)32-21-10-5-17(6-11-21)22-16-27-15-20(28(30)31)9-12-23(27)25-22/h1-16H. The van der Waals surface area contributed by atoms with E-state index in [4.69, 9.17) is 4.74 Å². The number of carbonyl (C=O) groups excluding carboxylic acids is 1. The monoisotopic (exact) mass is 424 g/mol. The molecule has 8 nitrogen and oxygen atoms in total. The highest BCUT2D eigenvalue weighted by molar-refractivity contribution is 5.91. The Morgan fingerprint density at radius 2 is 1.62 bits per heavy atom. The molecule has 8 heteroatoms. The third-order valence-corrected chi connectivity index (χ3v) is 5.01. The van der Waals surface area contributed by atoms with Gasteiger partial charge in [0.2, 0.25) is 0 Å². The van der Waals surface area contributed by atoms with E-state index in [-0.39, 0.29) is 5.69 Å². The number of fused-ring (bicyclic) bond motifs is 1. The molecule has 0 aliphatic carbocycles. The summed E-state index contributed by atoms with van der Waals surface area (Å²) in [6.07, 6.45) is 7.00. The average molecular weight is 424 g/mol. The summed E-state index contributed by atoms with van der Waals surface area (Å²) in [7, 11) is 0. The molecule has 0 N–H and O–H groups in total. The fraction of sp³-hybridized carbons (Fsp3) is 0. The zero-order chi connectivity index (χ0) is 22.1. The summed E-state index contributed by atoms with van der Waals surface area (Å²) in [6.45, 7) is 0. The van der Waals surface area contributed by atoms with Crippen LogP contribution in [-0.2, 0) is 0 Å². The van der Waals surface area contributed by atoms with Crippen LogP contribution in [0.2, 0.25) is 0 Å². The van der Waals surface area contributed by atoms with E-state index in [1.807, 2.05) is 41.2 Å². The molecule has 0 fully saturated rings. The van der Waals surface area contributed by atoms with Gasteiger partial charge < -0.3 is 9.30 Å². The van der Waals surface area contributed by atoms with Crippen molar-refractivity contribution < 1.29 is 14.5 Å². The molecule has 0 aliphatic heterocycles. The summed E-state index contributed by atoms with van der Waals surface area (Å²) in [5.74, 6) is -0.0375. The number of rotatable bonds is 5. The summed E-state index contributed by atoms with van der Waals surface area (Å²) >= 11 is 0. The average Bonchev–Trinajstić information content (AvgIpc) is 3.49. The molecule has 0 saturated carbocycles. The van der Waals surface area contributed by atoms with Crippen molar-refractivity contribution in [2.45, 2.75) is 0 Å². The number of nitrogens with zero attached hydrogens (tertiary/aromatic N) is 4. The first-order valence-electron chi connectivity index (χ1n) is 9.76. The Kier molecular flexibility index (Phi) is 4.72. The number of aromatic nitrogens is 3. The van der Waals surface area contributed by atoms with Crippen molar-refractivity contribution in [3.05, 3.63) is 113 Å². The smallest absolute Gasteiger partial charge is 0.343 e. The van der Waals surface area contributed by atoms with E-state index < -0.39 is 10.9 Å². The molecule has 0 atom stereocenters. The number of hydrogen-bond acceptors (Lipinski definition) is 5. The SMILES string of the molecule is O=C(Oc1ccc(-c2cn3cc([N+](=O)[O-])ccc3n2)cc1)c1ccc(-n2cccc2)cc1. The number of carbonyl (C=O) groups is 1. The molecule has 0 amide bonds. The van der Waals surface area contributed by atoms with Crippen LogP contribution >= 0.6 is 0 Å².